The molecular weight excluding hydrogens is 440 g/mol. The molecule has 3 aromatic carbocycles. The van der Waals surface area contributed by atoms with Gasteiger partial charge < -0.3 is 21.1 Å². The minimum Gasteiger partial charge on any atom is -0.380 e. The number of aryl methyl sites for hydroxylation is 3. The van der Waals surface area contributed by atoms with Crippen LogP contribution in [-0.2, 0) is 0 Å². The van der Waals surface area contributed by atoms with Crippen LogP contribution in [0.15, 0.2) is 66.7 Å². The molecule has 1 aromatic heterocycles. The van der Waals surface area contributed by atoms with Gasteiger partial charge in [-0.1, -0.05) is 60.2 Å². The van der Waals surface area contributed by atoms with Gasteiger partial charge in [0.15, 0.2) is 5.78 Å². The van der Waals surface area contributed by atoms with Gasteiger partial charge in [0.1, 0.15) is 6.10 Å². The molecule has 178 valence electrons. The van der Waals surface area contributed by atoms with Gasteiger partial charge in [0, 0.05) is 24.0 Å². The number of nitrogen functional groups attached to an aromatic ring is 1. The summed E-state index contributed by atoms with van der Waals surface area (Å²) >= 11 is 0. The molecule has 4 aromatic rings. The maximum Gasteiger partial charge on any atom is 0.236 e. The van der Waals surface area contributed by atoms with E-state index in [-0.39, 0.29) is 17.7 Å². The Hall–Kier alpha value is -4.30. The zero-order valence-corrected chi connectivity index (χ0v) is 20.1. The number of rotatable bonds is 7. The van der Waals surface area contributed by atoms with Crippen molar-refractivity contribution in [3.05, 3.63) is 94.5 Å². The third-order valence-electron chi connectivity index (χ3n) is 5.70. The standard InChI is InChI=1S/C27H28N6O2/c1-16-14-17(2)22(18(3)15-16)33(4)27-31-25(28)30-26(32-27)29-21-12-10-20(11-13-21)24(35)23(34)19-8-6-5-7-9-19/h5-15,24,35H,1-4H3,(H3,28,29,30,31,32). The molecule has 4 rings (SSSR count). The van der Waals surface area contributed by atoms with Crippen LogP contribution in [0.4, 0.5) is 29.2 Å². The van der Waals surface area contributed by atoms with E-state index in [9.17, 15) is 9.90 Å². The van der Waals surface area contributed by atoms with Crippen LogP contribution in [0.5, 0.6) is 0 Å². The summed E-state index contributed by atoms with van der Waals surface area (Å²) in [7, 11) is 1.89. The molecule has 0 fully saturated rings. The Balaban J connectivity index is 1.54. The first-order valence-corrected chi connectivity index (χ1v) is 11.2. The maximum atomic E-state index is 12.5. The number of aliphatic hydroxyl groups excluding tert-OH is 1. The number of aromatic nitrogens is 3. The van der Waals surface area contributed by atoms with Gasteiger partial charge in [-0.05, 0) is 49.6 Å². The third-order valence-corrected chi connectivity index (χ3v) is 5.70. The van der Waals surface area contributed by atoms with E-state index in [0.717, 1.165) is 16.8 Å². The van der Waals surface area contributed by atoms with Crippen molar-refractivity contribution in [3.63, 3.8) is 0 Å². The quantitative estimate of drug-likeness (QED) is 0.331. The van der Waals surface area contributed by atoms with E-state index in [2.05, 4.69) is 39.3 Å². The molecule has 0 amide bonds. The average molecular weight is 469 g/mol. The molecule has 0 radical (unpaired) electrons. The summed E-state index contributed by atoms with van der Waals surface area (Å²) in [6.45, 7) is 6.16. The molecule has 8 nitrogen and oxygen atoms in total. The molecule has 0 aliphatic carbocycles. The molecular formula is C27H28N6O2. The van der Waals surface area contributed by atoms with Crippen molar-refractivity contribution in [1.29, 1.82) is 0 Å². The van der Waals surface area contributed by atoms with Crippen molar-refractivity contribution in [2.24, 2.45) is 0 Å². The predicted octanol–water partition coefficient (Wildman–Crippen LogP) is 4.81. The number of aliphatic hydroxyl groups is 1. The van der Waals surface area contributed by atoms with Crippen LogP contribution in [0.3, 0.4) is 0 Å². The molecule has 1 unspecified atom stereocenters. The Kier molecular flexibility index (Phi) is 6.75. The van der Waals surface area contributed by atoms with Crippen LogP contribution in [0.2, 0.25) is 0 Å². The van der Waals surface area contributed by atoms with Crippen LogP contribution < -0.4 is 16.0 Å². The monoisotopic (exact) mass is 468 g/mol. The molecule has 1 heterocycles. The first kappa shape index (κ1) is 23.8. The highest BCUT2D eigenvalue weighted by Gasteiger charge is 2.19. The number of nitrogens with zero attached hydrogens (tertiary/aromatic N) is 4. The molecule has 0 aliphatic heterocycles. The van der Waals surface area contributed by atoms with E-state index >= 15 is 0 Å². The van der Waals surface area contributed by atoms with E-state index < -0.39 is 6.10 Å². The lowest BCUT2D eigenvalue weighted by Gasteiger charge is -2.22. The summed E-state index contributed by atoms with van der Waals surface area (Å²) in [6.07, 6.45) is -1.25. The summed E-state index contributed by atoms with van der Waals surface area (Å²) in [5, 5.41) is 13.6. The number of nitrogens with two attached hydrogens (primary N) is 1. The number of anilines is 5. The van der Waals surface area contributed by atoms with Crippen molar-refractivity contribution in [2.45, 2.75) is 26.9 Å². The second-order valence-electron chi connectivity index (χ2n) is 8.50. The topological polar surface area (TPSA) is 117 Å². The summed E-state index contributed by atoms with van der Waals surface area (Å²) in [5.41, 5.74) is 12.0. The predicted molar refractivity (Wildman–Crippen MR) is 138 cm³/mol. The summed E-state index contributed by atoms with van der Waals surface area (Å²) in [4.78, 5) is 27.5. The molecule has 1 atom stereocenters. The van der Waals surface area contributed by atoms with Gasteiger partial charge in [-0.2, -0.15) is 15.0 Å². The molecule has 8 heteroatoms. The Morgan fingerprint density at radius 1 is 0.943 bits per heavy atom. The molecule has 0 bridgehead atoms. The fourth-order valence-corrected chi connectivity index (χ4v) is 4.18. The minimum absolute atomic E-state index is 0.0901. The fourth-order valence-electron chi connectivity index (χ4n) is 4.18. The highest BCUT2D eigenvalue weighted by Crippen LogP contribution is 2.30. The van der Waals surface area contributed by atoms with Gasteiger partial charge in [-0.25, -0.2) is 0 Å². The van der Waals surface area contributed by atoms with Gasteiger partial charge in [0.2, 0.25) is 17.8 Å². The van der Waals surface area contributed by atoms with E-state index in [0.29, 0.717) is 22.8 Å². The molecule has 35 heavy (non-hydrogen) atoms. The summed E-state index contributed by atoms with van der Waals surface area (Å²) < 4.78 is 0. The van der Waals surface area contributed by atoms with E-state index in [1.807, 2.05) is 31.9 Å². The lowest BCUT2D eigenvalue weighted by atomic mass is 10.00. The summed E-state index contributed by atoms with van der Waals surface area (Å²) in [6, 6.07) is 19.8. The van der Waals surface area contributed by atoms with Crippen LogP contribution in [-0.4, -0.2) is 32.9 Å². The number of carbonyl (C=O) groups is 1. The van der Waals surface area contributed by atoms with Crippen molar-refractivity contribution >= 4 is 35.0 Å². The second kappa shape index (κ2) is 9.90. The van der Waals surface area contributed by atoms with E-state index in [4.69, 9.17) is 5.73 Å². The molecule has 0 spiro atoms. The molecule has 0 aliphatic rings. The van der Waals surface area contributed by atoms with Crippen molar-refractivity contribution in [3.8, 4) is 0 Å². The number of nitrogens with one attached hydrogen (secondary N) is 1. The first-order chi connectivity index (χ1) is 16.7. The number of hydrogen-bond donors (Lipinski definition) is 3. The summed E-state index contributed by atoms with van der Waals surface area (Å²) in [5.74, 6) is 0.434. The Morgan fingerprint density at radius 3 is 2.20 bits per heavy atom. The van der Waals surface area contributed by atoms with Crippen LogP contribution in [0.1, 0.15) is 38.7 Å². The largest absolute Gasteiger partial charge is 0.380 e. The van der Waals surface area contributed by atoms with Crippen molar-refractivity contribution < 1.29 is 9.90 Å². The lowest BCUT2D eigenvalue weighted by Crippen LogP contribution is -2.18. The van der Waals surface area contributed by atoms with Gasteiger partial charge in [-0.3, -0.25) is 4.79 Å². The first-order valence-electron chi connectivity index (χ1n) is 11.2. The Bertz CT molecular complexity index is 1330. The van der Waals surface area contributed by atoms with Crippen molar-refractivity contribution in [1.82, 2.24) is 15.0 Å². The normalized spacial score (nSPS) is 11.7. The zero-order chi connectivity index (χ0) is 25.1. The zero-order valence-electron chi connectivity index (χ0n) is 20.1. The average Bonchev–Trinajstić information content (AvgIpc) is 2.83. The number of ketones is 1. The van der Waals surface area contributed by atoms with Crippen molar-refractivity contribution in [2.75, 3.05) is 23.0 Å². The highest BCUT2D eigenvalue weighted by molar-refractivity contribution is 5.99. The van der Waals surface area contributed by atoms with Gasteiger partial charge in [0.25, 0.3) is 0 Å². The molecule has 0 saturated carbocycles. The number of hydrogen-bond acceptors (Lipinski definition) is 8. The SMILES string of the molecule is Cc1cc(C)c(N(C)c2nc(N)nc(Nc3ccc(C(O)C(=O)c4ccccc4)cc3)n2)c(C)c1. The van der Waals surface area contributed by atoms with Gasteiger partial charge in [-0.15, -0.1) is 0 Å². The van der Waals surface area contributed by atoms with Crippen LogP contribution in [0, 0.1) is 20.8 Å². The van der Waals surface area contributed by atoms with Gasteiger partial charge >= 0.3 is 0 Å². The lowest BCUT2D eigenvalue weighted by molar-refractivity contribution is 0.0747. The third kappa shape index (κ3) is 5.28. The number of benzene rings is 3. The Morgan fingerprint density at radius 2 is 1.57 bits per heavy atom. The number of Topliss-reactive ketones (excluding diaryl/α,β-unsaturated/α-hetero) is 1. The van der Waals surface area contributed by atoms with E-state index in [1.165, 1.54) is 5.56 Å². The molecule has 0 saturated heterocycles. The van der Waals surface area contributed by atoms with Gasteiger partial charge in [0.05, 0.1) is 0 Å². The minimum atomic E-state index is -1.25. The second-order valence-corrected chi connectivity index (χ2v) is 8.50. The van der Waals surface area contributed by atoms with E-state index in [1.54, 1.807) is 48.5 Å². The Labute approximate surface area is 204 Å². The fraction of sp³-hybridized carbons (Fsp3) is 0.185. The van der Waals surface area contributed by atoms with Crippen LogP contribution in [0.25, 0.3) is 0 Å². The van der Waals surface area contributed by atoms with Crippen LogP contribution >= 0.6 is 0 Å². The maximum absolute atomic E-state index is 12.5. The smallest absolute Gasteiger partial charge is 0.236 e. The number of carbonyl (C=O) groups excluding carboxylic acids is 1. The molecule has 4 N–H and O–H groups in total. The highest BCUT2D eigenvalue weighted by atomic mass is 16.3.